The van der Waals surface area contributed by atoms with Gasteiger partial charge in [-0.1, -0.05) is 11.3 Å². The molecule has 24 heavy (non-hydrogen) atoms. The van der Waals surface area contributed by atoms with Crippen molar-refractivity contribution in [2.75, 3.05) is 6.61 Å². The van der Waals surface area contributed by atoms with Crippen molar-refractivity contribution in [3.63, 3.8) is 0 Å². The number of nitrogens with zero attached hydrogens (tertiary/aromatic N) is 3. The van der Waals surface area contributed by atoms with E-state index in [0.717, 1.165) is 0 Å². The van der Waals surface area contributed by atoms with Crippen LogP contribution < -0.4 is 9.46 Å². The predicted octanol–water partition coefficient (Wildman–Crippen LogP) is 2.18. The molecule has 126 valence electrons. The molecule has 2 aromatic carbocycles. The molecule has 0 radical (unpaired) electrons. The number of hydrogen-bond donors (Lipinski definition) is 2. The van der Waals surface area contributed by atoms with Crippen LogP contribution in [0.25, 0.3) is 16.7 Å². The zero-order valence-electron chi connectivity index (χ0n) is 12.8. The lowest BCUT2D eigenvalue weighted by atomic mass is 10.2. The van der Waals surface area contributed by atoms with Gasteiger partial charge >= 0.3 is 0 Å². The first-order valence-corrected chi connectivity index (χ1v) is 8.30. The van der Waals surface area contributed by atoms with Gasteiger partial charge in [-0.25, -0.2) is 18.0 Å². The molecule has 0 aliphatic carbocycles. The normalized spacial score (nSPS) is 12.5. The fraction of sp³-hybridized carbons (Fsp3) is 0.200. The van der Waals surface area contributed by atoms with E-state index in [-0.39, 0.29) is 12.2 Å². The van der Waals surface area contributed by atoms with Gasteiger partial charge in [0.1, 0.15) is 22.8 Å². The fourth-order valence-corrected chi connectivity index (χ4v) is 2.61. The summed E-state index contributed by atoms with van der Waals surface area (Å²) in [4.78, 5) is 0. The molecule has 0 fully saturated rings. The van der Waals surface area contributed by atoms with Gasteiger partial charge in [-0.3, -0.25) is 4.55 Å². The lowest BCUT2D eigenvalue weighted by molar-refractivity contribution is 0.340. The Hall–Kier alpha value is -2.36. The van der Waals surface area contributed by atoms with Gasteiger partial charge in [-0.2, -0.15) is 0 Å². The van der Waals surface area contributed by atoms with Crippen LogP contribution in [-0.2, 0) is 17.8 Å². The molecule has 0 aliphatic rings. The first-order valence-electron chi connectivity index (χ1n) is 7.20. The molecule has 2 N–H and O–H groups in total. The summed E-state index contributed by atoms with van der Waals surface area (Å²) < 4.78 is 42.8. The van der Waals surface area contributed by atoms with Crippen molar-refractivity contribution in [1.82, 2.24) is 19.7 Å². The smallest absolute Gasteiger partial charge is 0.232 e. The van der Waals surface area contributed by atoms with Crippen LogP contribution in [0.2, 0.25) is 0 Å². The van der Waals surface area contributed by atoms with Gasteiger partial charge in [0, 0.05) is 12.6 Å². The van der Waals surface area contributed by atoms with Gasteiger partial charge in [0.15, 0.2) is 0 Å². The third-order valence-corrected chi connectivity index (χ3v) is 3.76. The number of halogens is 1. The average Bonchev–Trinajstić information content (AvgIpc) is 2.96. The molecular formula is C15H15FN4O3S. The molecule has 0 bridgehead atoms. The molecule has 9 heteroatoms. The molecule has 1 heterocycles. The van der Waals surface area contributed by atoms with E-state index in [1.807, 2.05) is 6.92 Å². The third-order valence-electron chi connectivity index (χ3n) is 3.37. The maximum absolute atomic E-state index is 14.4. The number of rotatable bonds is 6. The molecule has 0 amide bonds. The van der Waals surface area contributed by atoms with Gasteiger partial charge in [-0.15, -0.1) is 5.10 Å². The third kappa shape index (κ3) is 3.42. The number of ether oxygens (including phenoxy) is 1. The maximum atomic E-state index is 14.4. The molecular weight excluding hydrogens is 335 g/mol. The van der Waals surface area contributed by atoms with Gasteiger partial charge < -0.3 is 4.74 Å². The topological polar surface area (TPSA) is 89.3 Å². The second-order valence-corrected chi connectivity index (χ2v) is 5.73. The average molecular weight is 350 g/mol. The van der Waals surface area contributed by atoms with Crippen molar-refractivity contribution in [3.8, 4) is 11.4 Å². The Morgan fingerprint density at radius 2 is 2.17 bits per heavy atom. The summed E-state index contributed by atoms with van der Waals surface area (Å²) >= 11 is -2.14. The van der Waals surface area contributed by atoms with Crippen LogP contribution in [-0.4, -0.2) is 30.4 Å². The van der Waals surface area contributed by atoms with Crippen LogP contribution >= 0.6 is 0 Å². The van der Waals surface area contributed by atoms with Crippen molar-refractivity contribution < 1.29 is 17.9 Å². The van der Waals surface area contributed by atoms with Crippen LogP contribution in [0.5, 0.6) is 5.75 Å². The maximum Gasteiger partial charge on any atom is 0.232 e. The van der Waals surface area contributed by atoms with E-state index in [4.69, 9.17) is 9.29 Å². The minimum atomic E-state index is -2.14. The minimum Gasteiger partial charge on any atom is -0.494 e. The zero-order chi connectivity index (χ0) is 17.1. The van der Waals surface area contributed by atoms with E-state index in [2.05, 4.69) is 15.0 Å². The van der Waals surface area contributed by atoms with Crippen LogP contribution in [0.15, 0.2) is 36.4 Å². The quantitative estimate of drug-likeness (QED) is 0.665. The Bertz CT molecular complexity index is 900. The number of nitrogens with one attached hydrogen (secondary N) is 1. The number of hydrogen-bond acceptors (Lipinski definition) is 4. The Kier molecular flexibility index (Phi) is 4.84. The SMILES string of the molecule is CCOc1ccc2c(c1)nnn2-c1ccc(CNS(=O)O)cc1F. The standard InChI is InChI=1S/C15H15FN4O3S/c1-2-23-11-4-6-15-13(8-11)18-19-20(15)14-5-3-10(7-12(14)16)9-17-24(21)22/h3-8,17H,2,9H2,1H3,(H,21,22). The van der Waals surface area contributed by atoms with Crippen molar-refractivity contribution in [2.24, 2.45) is 0 Å². The summed E-state index contributed by atoms with van der Waals surface area (Å²) in [7, 11) is 0. The second-order valence-electron chi connectivity index (χ2n) is 4.94. The van der Waals surface area contributed by atoms with Crippen molar-refractivity contribution in [1.29, 1.82) is 0 Å². The highest BCUT2D eigenvalue weighted by molar-refractivity contribution is 7.77. The number of fused-ring (bicyclic) bond motifs is 1. The Balaban J connectivity index is 1.94. The number of aromatic nitrogens is 3. The minimum absolute atomic E-state index is 0.0795. The predicted molar refractivity (Wildman–Crippen MR) is 87.6 cm³/mol. The Morgan fingerprint density at radius 3 is 2.88 bits per heavy atom. The van der Waals surface area contributed by atoms with E-state index in [1.165, 1.54) is 10.7 Å². The van der Waals surface area contributed by atoms with Crippen LogP contribution in [0.3, 0.4) is 0 Å². The molecule has 0 spiro atoms. The molecule has 3 rings (SSSR count). The highest BCUT2D eigenvalue weighted by atomic mass is 32.2. The molecule has 7 nitrogen and oxygen atoms in total. The van der Waals surface area contributed by atoms with Crippen molar-refractivity contribution in [3.05, 3.63) is 47.8 Å². The molecule has 1 unspecified atom stereocenters. The first-order chi connectivity index (χ1) is 11.6. The zero-order valence-corrected chi connectivity index (χ0v) is 13.6. The largest absolute Gasteiger partial charge is 0.494 e. The van der Waals surface area contributed by atoms with E-state index >= 15 is 0 Å². The Morgan fingerprint density at radius 1 is 1.33 bits per heavy atom. The summed E-state index contributed by atoms with van der Waals surface area (Å²) in [6.07, 6.45) is 0. The van der Waals surface area contributed by atoms with E-state index in [9.17, 15) is 8.60 Å². The lowest BCUT2D eigenvalue weighted by Crippen LogP contribution is -2.15. The summed E-state index contributed by atoms with van der Waals surface area (Å²) in [5, 5.41) is 8.04. The Labute approximate surface area is 139 Å². The summed E-state index contributed by atoms with van der Waals surface area (Å²) in [6.45, 7) is 2.51. The molecule has 0 saturated heterocycles. The van der Waals surface area contributed by atoms with E-state index in [1.54, 1.807) is 30.3 Å². The first kappa shape index (κ1) is 16.5. The van der Waals surface area contributed by atoms with Crippen molar-refractivity contribution in [2.45, 2.75) is 13.5 Å². The lowest BCUT2D eigenvalue weighted by Gasteiger charge is -2.07. The molecule has 1 atom stereocenters. The van der Waals surface area contributed by atoms with Crippen molar-refractivity contribution >= 4 is 22.3 Å². The highest BCUT2D eigenvalue weighted by Gasteiger charge is 2.12. The van der Waals surface area contributed by atoms with Gasteiger partial charge in [0.25, 0.3) is 0 Å². The van der Waals surface area contributed by atoms with Gasteiger partial charge in [0.2, 0.25) is 11.3 Å². The summed E-state index contributed by atoms with van der Waals surface area (Å²) in [5.41, 5.74) is 2.04. The van der Waals surface area contributed by atoms with Gasteiger partial charge in [0.05, 0.1) is 12.1 Å². The summed E-state index contributed by atoms with van der Waals surface area (Å²) in [6, 6.07) is 9.78. The summed E-state index contributed by atoms with van der Waals surface area (Å²) in [5.74, 6) is 0.176. The fourth-order valence-electron chi connectivity index (χ4n) is 2.32. The van der Waals surface area contributed by atoms with E-state index < -0.39 is 17.1 Å². The molecule has 1 aromatic heterocycles. The molecule has 0 aliphatic heterocycles. The highest BCUT2D eigenvalue weighted by Crippen LogP contribution is 2.23. The van der Waals surface area contributed by atoms with E-state index in [0.29, 0.717) is 29.0 Å². The van der Waals surface area contributed by atoms with Crippen LogP contribution in [0.4, 0.5) is 4.39 Å². The second kappa shape index (κ2) is 7.04. The number of benzene rings is 2. The monoisotopic (exact) mass is 350 g/mol. The van der Waals surface area contributed by atoms with Gasteiger partial charge in [-0.05, 0) is 36.8 Å². The molecule has 0 saturated carbocycles. The van der Waals surface area contributed by atoms with Crippen LogP contribution in [0.1, 0.15) is 12.5 Å². The van der Waals surface area contributed by atoms with Crippen LogP contribution in [0, 0.1) is 5.82 Å². The molecule has 3 aromatic rings.